The second kappa shape index (κ2) is 7.32. The van der Waals surface area contributed by atoms with Crippen LogP contribution < -0.4 is 10.1 Å². The molecule has 1 aliphatic heterocycles. The standard InChI is InChI=1S/C16H17F2N3O2/c17-15(18)23-14-5-3-11(4-6-14)12-8-19-16(20-9-12)21-13-2-1-7-22-10-13/h3-6,8-9,13,15H,1-2,7,10H2,(H,19,20,21). The summed E-state index contributed by atoms with van der Waals surface area (Å²) >= 11 is 0. The van der Waals surface area contributed by atoms with Gasteiger partial charge in [-0.1, -0.05) is 12.1 Å². The van der Waals surface area contributed by atoms with E-state index in [1.54, 1.807) is 24.5 Å². The molecule has 1 N–H and O–H groups in total. The van der Waals surface area contributed by atoms with Crippen LogP contribution in [0.4, 0.5) is 14.7 Å². The molecule has 0 spiro atoms. The number of alkyl halides is 2. The van der Waals surface area contributed by atoms with E-state index in [1.807, 2.05) is 0 Å². The number of hydrogen-bond donors (Lipinski definition) is 1. The molecule has 0 amide bonds. The Morgan fingerprint density at radius 1 is 1.13 bits per heavy atom. The Bertz CT molecular complexity index is 614. The second-order valence-corrected chi connectivity index (χ2v) is 5.26. The summed E-state index contributed by atoms with van der Waals surface area (Å²) in [5, 5.41) is 3.24. The lowest BCUT2D eigenvalue weighted by molar-refractivity contribution is -0.0498. The monoisotopic (exact) mass is 321 g/mol. The summed E-state index contributed by atoms with van der Waals surface area (Å²) in [6.07, 6.45) is 5.46. The first-order chi connectivity index (χ1) is 11.2. The van der Waals surface area contributed by atoms with Gasteiger partial charge in [-0.2, -0.15) is 8.78 Å². The molecular formula is C16H17F2N3O2. The SMILES string of the molecule is FC(F)Oc1ccc(-c2cnc(NC3CCCOC3)nc2)cc1. The molecule has 0 bridgehead atoms. The first-order valence-corrected chi connectivity index (χ1v) is 7.42. The van der Waals surface area contributed by atoms with Crippen LogP contribution in [0.25, 0.3) is 11.1 Å². The van der Waals surface area contributed by atoms with Crippen LogP contribution in [0.3, 0.4) is 0 Å². The van der Waals surface area contributed by atoms with Gasteiger partial charge in [-0.3, -0.25) is 0 Å². The van der Waals surface area contributed by atoms with Crippen molar-refractivity contribution in [1.82, 2.24) is 9.97 Å². The van der Waals surface area contributed by atoms with Gasteiger partial charge in [0.1, 0.15) is 5.75 Å². The summed E-state index contributed by atoms with van der Waals surface area (Å²) < 4.78 is 34.0. The number of hydrogen-bond acceptors (Lipinski definition) is 5. The maximum Gasteiger partial charge on any atom is 0.387 e. The Morgan fingerprint density at radius 3 is 2.48 bits per heavy atom. The van der Waals surface area contributed by atoms with E-state index in [2.05, 4.69) is 20.0 Å². The third kappa shape index (κ3) is 4.35. The summed E-state index contributed by atoms with van der Waals surface area (Å²) in [6, 6.07) is 6.61. The van der Waals surface area contributed by atoms with Crippen molar-refractivity contribution in [3.05, 3.63) is 36.7 Å². The normalized spacial score (nSPS) is 18.0. The van der Waals surface area contributed by atoms with Crippen LogP contribution in [0.15, 0.2) is 36.7 Å². The molecule has 7 heteroatoms. The van der Waals surface area contributed by atoms with Crippen molar-refractivity contribution in [3.63, 3.8) is 0 Å². The number of rotatable bonds is 5. The first kappa shape index (κ1) is 15.6. The number of nitrogens with one attached hydrogen (secondary N) is 1. The zero-order chi connectivity index (χ0) is 16.1. The molecule has 2 heterocycles. The second-order valence-electron chi connectivity index (χ2n) is 5.26. The van der Waals surface area contributed by atoms with Crippen LogP contribution in [0.5, 0.6) is 5.75 Å². The molecule has 23 heavy (non-hydrogen) atoms. The molecule has 1 aromatic heterocycles. The average molecular weight is 321 g/mol. The fourth-order valence-electron chi connectivity index (χ4n) is 2.42. The highest BCUT2D eigenvalue weighted by Gasteiger charge is 2.14. The van der Waals surface area contributed by atoms with Crippen molar-refractivity contribution in [3.8, 4) is 16.9 Å². The van der Waals surface area contributed by atoms with Gasteiger partial charge in [0.15, 0.2) is 0 Å². The summed E-state index contributed by atoms with van der Waals surface area (Å²) in [5.41, 5.74) is 1.64. The smallest absolute Gasteiger partial charge is 0.387 e. The number of aromatic nitrogens is 2. The molecule has 1 aromatic carbocycles. The highest BCUT2D eigenvalue weighted by Crippen LogP contribution is 2.23. The molecule has 1 fully saturated rings. The van der Waals surface area contributed by atoms with Crippen LogP contribution in [0.2, 0.25) is 0 Å². The predicted octanol–water partition coefficient (Wildman–Crippen LogP) is 3.34. The van der Waals surface area contributed by atoms with Crippen molar-refractivity contribution in [2.75, 3.05) is 18.5 Å². The first-order valence-electron chi connectivity index (χ1n) is 7.42. The number of ether oxygens (including phenoxy) is 2. The van der Waals surface area contributed by atoms with E-state index in [0.29, 0.717) is 12.6 Å². The van der Waals surface area contributed by atoms with Crippen LogP contribution in [0, 0.1) is 0 Å². The fraction of sp³-hybridized carbons (Fsp3) is 0.375. The maximum absolute atomic E-state index is 12.1. The minimum atomic E-state index is -2.82. The average Bonchev–Trinajstić information content (AvgIpc) is 2.57. The van der Waals surface area contributed by atoms with E-state index >= 15 is 0 Å². The number of anilines is 1. The highest BCUT2D eigenvalue weighted by molar-refractivity contribution is 5.62. The van der Waals surface area contributed by atoms with Crippen LogP contribution in [-0.4, -0.2) is 35.8 Å². The molecule has 3 rings (SSSR count). The van der Waals surface area contributed by atoms with E-state index in [1.165, 1.54) is 12.1 Å². The van der Waals surface area contributed by atoms with Gasteiger partial charge in [-0.15, -0.1) is 0 Å². The maximum atomic E-state index is 12.1. The van der Waals surface area contributed by atoms with Gasteiger partial charge in [0.25, 0.3) is 0 Å². The lowest BCUT2D eigenvalue weighted by Crippen LogP contribution is -2.30. The molecular weight excluding hydrogens is 304 g/mol. The molecule has 0 radical (unpaired) electrons. The Labute approximate surface area is 132 Å². The van der Waals surface area contributed by atoms with E-state index in [9.17, 15) is 8.78 Å². The Balaban J connectivity index is 1.64. The molecule has 1 aliphatic rings. The lowest BCUT2D eigenvalue weighted by Gasteiger charge is -2.22. The van der Waals surface area contributed by atoms with Crippen molar-refractivity contribution in [2.24, 2.45) is 0 Å². The molecule has 1 saturated heterocycles. The topological polar surface area (TPSA) is 56.3 Å². The van der Waals surface area contributed by atoms with Crippen molar-refractivity contribution < 1.29 is 18.3 Å². The van der Waals surface area contributed by atoms with Gasteiger partial charge in [0, 0.05) is 24.6 Å². The van der Waals surface area contributed by atoms with E-state index in [0.717, 1.165) is 30.6 Å². The fourth-order valence-corrected chi connectivity index (χ4v) is 2.42. The lowest BCUT2D eigenvalue weighted by atomic mass is 10.1. The summed E-state index contributed by atoms with van der Waals surface area (Å²) in [6.45, 7) is -1.35. The number of benzene rings is 1. The van der Waals surface area contributed by atoms with E-state index in [-0.39, 0.29) is 11.8 Å². The van der Waals surface area contributed by atoms with Gasteiger partial charge in [0.05, 0.1) is 12.6 Å². The van der Waals surface area contributed by atoms with Crippen LogP contribution >= 0.6 is 0 Å². The summed E-state index contributed by atoms with van der Waals surface area (Å²) in [4.78, 5) is 8.58. The Kier molecular flexibility index (Phi) is 4.97. The van der Waals surface area contributed by atoms with Gasteiger partial charge < -0.3 is 14.8 Å². The quantitative estimate of drug-likeness (QED) is 0.915. The molecule has 1 atom stereocenters. The minimum Gasteiger partial charge on any atom is -0.435 e. The molecule has 0 aliphatic carbocycles. The number of halogens is 2. The van der Waals surface area contributed by atoms with Gasteiger partial charge in [-0.25, -0.2) is 9.97 Å². The third-order valence-corrected chi connectivity index (χ3v) is 3.56. The molecule has 5 nitrogen and oxygen atoms in total. The van der Waals surface area contributed by atoms with Crippen LogP contribution in [-0.2, 0) is 4.74 Å². The van der Waals surface area contributed by atoms with Gasteiger partial charge >= 0.3 is 6.61 Å². The van der Waals surface area contributed by atoms with Crippen molar-refractivity contribution in [2.45, 2.75) is 25.5 Å². The highest BCUT2D eigenvalue weighted by atomic mass is 19.3. The van der Waals surface area contributed by atoms with E-state index < -0.39 is 6.61 Å². The molecule has 1 unspecified atom stereocenters. The minimum absolute atomic E-state index is 0.125. The Hall–Kier alpha value is -2.28. The summed E-state index contributed by atoms with van der Waals surface area (Å²) in [5.74, 6) is 0.683. The Morgan fingerprint density at radius 2 is 1.87 bits per heavy atom. The largest absolute Gasteiger partial charge is 0.435 e. The van der Waals surface area contributed by atoms with Gasteiger partial charge in [0.2, 0.25) is 5.95 Å². The zero-order valence-electron chi connectivity index (χ0n) is 12.4. The summed E-state index contributed by atoms with van der Waals surface area (Å²) in [7, 11) is 0. The van der Waals surface area contributed by atoms with Crippen LogP contribution in [0.1, 0.15) is 12.8 Å². The van der Waals surface area contributed by atoms with E-state index in [4.69, 9.17) is 4.74 Å². The van der Waals surface area contributed by atoms with Gasteiger partial charge in [-0.05, 0) is 30.5 Å². The zero-order valence-corrected chi connectivity index (χ0v) is 12.4. The molecule has 0 saturated carbocycles. The molecule has 2 aromatic rings. The predicted molar refractivity (Wildman–Crippen MR) is 81.6 cm³/mol. The van der Waals surface area contributed by atoms with Crippen molar-refractivity contribution >= 4 is 5.95 Å². The third-order valence-electron chi connectivity index (χ3n) is 3.56. The molecule has 122 valence electrons. The van der Waals surface area contributed by atoms with Crippen molar-refractivity contribution in [1.29, 1.82) is 0 Å². The number of nitrogens with zero attached hydrogens (tertiary/aromatic N) is 2.